The normalized spacial score (nSPS) is 14.4. The van der Waals surface area contributed by atoms with Crippen LogP contribution in [-0.4, -0.2) is 23.4 Å². The molecule has 1 N–H and O–H groups in total. The van der Waals surface area contributed by atoms with Crippen molar-refractivity contribution in [2.75, 3.05) is 15.6 Å². The Kier molecular flexibility index (Phi) is 5.37. The molecule has 1 aliphatic rings. The van der Waals surface area contributed by atoms with Crippen molar-refractivity contribution in [2.45, 2.75) is 35.8 Å². The van der Waals surface area contributed by atoms with E-state index in [0.29, 0.717) is 29.9 Å². The highest BCUT2D eigenvalue weighted by Crippen LogP contribution is 2.35. The van der Waals surface area contributed by atoms with Gasteiger partial charge in [0.1, 0.15) is 4.21 Å². The summed E-state index contributed by atoms with van der Waals surface area (Å²) < 4.78 is 56.3. The second kappa shape index (κ2) is 7.72. The highest BCUT2D eigenvalue weighted by Gasteiger charge is 2.30. The fourth-order valence-electron chi connectivity index (χ4n) is 3.68. The van der Waals surface area contributed by atoms with E-state index in [1.807, 2.05) is 13.0 Å². The molecule has 0 radical (unpaired) electrons. The van der Waals surface area contributed by atoms with Gasteiger partial charge >= 0.3 is 0 Å². The minimum atomic E-state index is -3.80. The van der Waals surface area contributed by atoms with E-state index in [1.165, 1.54) is 15.6 Å². The molecule has 4 rings (SSSR count). The molecule has 0 saturated carbocycles. The van der Waals surface area contributed by atoms with Crippen LogP contribution in [0.5, 0.6) is 0 Å². The Bertz CT molecular complexity index is 1300. The molecule has 0 fully saturated rings. The SMILES string of the molecule is Cc1ccc(S(=O)(=O)Nc2ccc3c(c2)N(S(=O)(=O)c2cccs2)CCC3)c(C)c1. The van der Waals surface area contributed by atoms with Gasteiger partial charge < -0.3 is 0 Å². The molecular formula is C21H22N2O4S3. The molecule has 0 atom stereocenters. The summed E-state index contributed by atoms with van der Waals surface area (Å²) in [5.41, 5.74) is 3.38. The van der Waals surface area contributed by atoms with Gasteiger partial charge in [-0.15, -0.1) is 11.3 Å². The fraction of sp³-hybridized carbons (Fsp3) is 0.238. The molecule has 6 nitrogen and oxygen atoms in total. The number of hydrogen-bond donors (Lipinski definition) is 1. The van der Waals surface area contributed by atoms with Crippen molar-refractivity contribution < 1.29 is 16.8 Å². The van der Waals surface area contributed by atoms with Gasteiger partial charge in [0.15, 0.2) is 0 Å². The van der Waals surface area contributed by atoms with Gasteiger partial charge in [-0.2, -0.15) is 0 Å². The lowest BCUT2D eigenvalue weighted by atomic mass is 10.0. The van der Waals surface area contributed by atoms with Crippen LogP contribution in [0, 0.1) is 13.8 Å². The highest BCUT2D eigenvalue weighted by molar-refractivity contribution is 7.94. The zero-order valence-electron chi connectivity index (χ0n) is 16.6. The summed E-state index contributed by atoms with van der Waals surface area (Å²) >= 11 is 1.17. The maximum Gasteiger partial charge on any atom is 0.273 e. The third-order valence-electron chi connectivity index (χ3n) is 5.07. The summed E-state index contributed by atoms with van der Waals surface area (Å²) in [7, 11) is -7.48. The van der Waals surface area contributed by atoms with E-state index in [-0.39, 0.29) is 9.10 Å². The summed E-state index contributed by atoms with van der Waals surface area (Å²) in [5.74, 6) is 0. The smallest absolute Gasteiger partial charge is 0.273 e. The van der Waals surface area contributed by atoms with Crippen molar-refractivity contribution in [1.29, 1.82) is 0 Å². The average molecular weight is 463 g/mol. The molecular weight excluding hydrogens is 440 g/mol. The predicted molar refractivity (Wildman–Crippen MR) is 120 cm³/mol. The van der Waals surface area contributed by atoms with Crippen molar-refractivity contribution >= 4 is 42.8 Å². The minimum absolute atomic E-state index is 0.203. The third-order valence-corrected chi connectivity index (χ3v) is 9.80. The van der Waals surface area contributed by atoms with Crippen LogP contribution >= 0.6 is 11.3 Å². The van der Waals surface area contributed by atoms with Gasteiger partial charge in [0.05, 0.1) is 16.3 Å². The molecule has 2 aromatic carbocycles. The van der Waals surface area contributed by atoms with Crippen molar-refractivity contribution in [2.24, 2.45) is 0 Å². The summed E-state index contributed by atoms with van der Waals surface area (Å²) in [5, 5.41) is 1.73. The molecule has 1 aromatic heterocycles. The maximum atomic E-state index is 13.1. The van der Waals surface area contributed by atoms with E-state index in [1.54, 1.807) is 54.8 Å². The molecule has 158 valence electrons. The Morgan fingerprint density at radius 2 is 1.80 bits per heavy atom. The molecule has 3 aromatic rings. The second-order valence-corrected chi connectivity index (χ2v) is 12.0. The quantitative estimate of drug-likeness (QED) is 0.613. The first-order valence-corrected chi connectivity index (χ1v) is 13.3. The van der Waals surface area contributed by atoms with Crippen molar-refractivity contribution in [1.82, 2.24) is 0 Å². The Morgan fingerprint density at radius 3 is 2.50 bits per heavy atom. The largest absolute Gasteiger partial charge is 0.280 e. The van der Waals surface area contributed by atoms with Crippen LogP contribution < -0.4 is 9.03 Å². The Balaban J connectivity index is 1.71. The molecule has 2 heterocycles. The standard InChI is InChI=1S/C21H22N2O4S3/c1-15-7-10-20(16(2)13-15)29(24,25)22-18-9-8-17-5-3-11-23(19(17)14-18)30(26,27)21-6-4-12-28-21/h4,6-10,12-14,22H,3,5,11H2,1-2H3. The number of rotatable bonds is 5. The topological polar surface area (TPSA) is 83.6 Å². The van der Waals surface area contributed by atoms with Crippen LogP contribution in [0.3, 0.4) is 0 Å². The number of sulfonamides is 2. The lowest BCUT2D eigenvalue weighted by molar-refractivity contribution is 0.588. The molecule has 1 aliphatic heterocycles. The monoisotopic (exact) mass is 462 g/mol. The number of hydrogen-bond acceptors (Lipinski definition) is 5. The summed E-state index contributed by atoms with van der Waals surface area (Å²) in [6, 6.07) is 13.5. The lowest BCUT2D eigenvalue weighted by Gasteiger charge is -2.30. The van der Waals surface area contributed by atoms with Gasteiger partial charge in [0.2, 0.25) is 0 Å². The summed E-state index contributed by atoms with van der Waals surface area (Å²) in [6.45, 7) is 4.02. The lowest BCUT2D eigenvalue weighted by Crippen LogP contribution is -2.35. The van der Waals surface area contributed by atoms with Crippen LogP contribution in [0.15, 0.2) is 63.0 Å². The number of nitrogens with zero attached hydrogens (tertiary/aromatic N) is 1. The molecule has 0 unspecified atom stereocenters. The van der Waals surface area contributed by atoms with Crippen LogP contribution in [0.25, 0.3) is 0 Å². The van der Waals surface area contributed by atoms with E-state index in [9.17, 15) is 16.8 Å². The average Bonchev–Trinajstić information content (AvgIpc) is 3.22. The second-order valence-electron chi connectivity index (χ2n) is 7.33. The first kappa shape index (κ1) is 20.9. The van der Waals surface area contributed by atoms with Gasteiger partial charge in [0, 0.05) is 6.54 Å². The minimum Gasteiger partial charge on any atom is -0.280 e. The molecule has 9 heteroatoms. The number of thiophene rings is 1. The summed E-state index contributed by atoms with van der Waals surface area (Å²) in [4.78, 5) is 0.203. The number of benzene rings is 2. The van der Waals surface area contributed by atoms with E-state index in [4.69, 9.17) is 0 Å². The maximum absolute atomic E-state index is 13.1. The van der Waals surface area contributed by atoms with Crippen LogP contribution in [0.1, 0.15) is 23.1 Å². The molecule has 0 saturated heterocycles. The number of fused-ring (bicyclic) bond motifs is 1. The molecule has 0 amide bonds. The first-order chi connectivity index (χ1) is 14.2. The Morgan fingerprint density at radius 1 is 1.00 bits per heavy atom. The molecule has 30 heavy (non-hydrogen) atoms. The summed E-state index contributed by atoms with van der Waals surface area (Å²) in [6.07, 6.45) is 1.46. The van der Waals surface area contributed by atoms with Crippen LogP contribution in [-0.2, 0) is 26.5 Å². The van der Waals surface area contributed by atoms with Gasteiger partial charge in [-0.3, -0.25) is 9.03 Å². The number of nitrogens with one attached hydrogen (secondary N) is 1. The van der Waals surface area contributed by atoms with Gasteiger partial charge in [-0.25, -0.2) is 16.8 Å². The number of anilines is 2. The molecule has 0 spiro atoms. The zero-order valence-corrected chi connectivity index (χ0v) is 19.1. The van der Waals surface area contributed by atoms with E-state index >= 15 is 0 Å². The Hall–Kier alpha value is -2.36. The van der Waals surface area contributed by atoms with Crippen LogP contribution in [0.2, 0.25) is 0 Å². The van der Waals surface area contributed by atoms with Gasteiger partial charge in [-0.05, 0) is 67.5 Å². The molecule has 0 aliphatic carbocycles. The zero-order chi connectivity index (χ0) is 21.5. The molecule has 0 bridgehead atoms. The van der Waals surface area contributed by atoms with Crippen LogP contribution in [0.4, 0.5) is 11.4 Å². The Labute approximate surface area is 181 Å². The van der Waals surface area contributed by atoms with Gasteiger partial charge in [0.25, 0.3) is 20.0 Å². The predicted octanol–water partition coefficient (Wildman–Crippen LogP) is 4.31. The highest BCUT2D eigenvalue weighted by atomic mass is 32.2. The van der Waals surface area contributed by atoms with Crippen molar-refractivity contribution in [3.8, 4) is 0 Å². The van der Waals surface area contributed by atoms with Crippen molar-refractivity contribution in [3.05, 3.63) is 70.6 Å². The van der Waals surface area contributed by atoms with Gasteiger partial charge in [-0.1, -0.05) is 29.8 Å². The first-order valence-electron chi connectivity index (χ1n) is 9.48. The van der Waals surface area contributed by atoms with E-state index < -0.39 is 20.0 Å². The number of aryl methyl sites for hydroxylation is 3. The van der Waals surface area contributed by atoms with Crippen molar-refractivity contribution in [3.63, 3.8) is 0 Å². The third kappa shape index (κ3) is 3.84. The van der Waals surface area contributed by atoms with E-state index in [0.717, 1.165) is 17.5 Å². The van der Waals surface area contributed by atoms with E-state index in [2.05, 4.69) is 4.72 Å². The fourth-order valence-corrected chi connectivity index (χ4v) is 7.60.